The number of carboxylic acid groups (broad SMARTS) is 1. The molecule has 1 aromatic carbocycles. The van der Waals surface area contributed by atoms with E-state index in [4.69, 9.17) is 5.11 Å². The van der Waals surface area contributed by atoms with Crippen molar-refractivity contribution in [2.24, 2.45) is 10.2 Å². The van der Waals surface area contributed by atoms with Crippen molar-refractivity contribution in [3.05, 3.63) is 41.2 Å². The molecule has 0 bridgehead atoms. The van der Waals surface area contributed by atoms with Crippen LogP contribution in [0.5, 0.6) is 0 Å². The molecule has 18 heavy (non-hydrogen) atoms. The maximum absolute atomic E-state index is 10.7. The van der Waals surface area contributed by atoms with Crippen LogP contribution in [0.4, 0.5) is 11.4 Å². The summed E-state index contributed by atoms with van der Waals surface area (Å²) < 4.78 is 0. The number of aryl methyl sites for hydroxylation is 2. The predicted octanol–water partition coefficient (Wildman–Crippen LogP) is 3.14. The molecule has 0 atom stereocenters. The Labute approximate surface area is 103 Å². The molecule has 0 fully saturated rings. The van der Waals surface area contributed by atoms with Crippen LogP contribution in [0.25, 0.3) is 0 Å². The quantitative estimate of drug-likeness (QED) is 0.812. The number of H-pyrrole nitrogens is 1. The third kappa shape index (κ3) is 2.42. The average Bonchev–Trinajstić information content (AvgIpc) is 2.67. The first-order chi connectivity index (χ1) is 8.58. The van der Waals surface area contributed by atoms with Gasteiger partial charge in [-0.2, -0.15) is 10.2 Å². The van der Waals surface area contributed by atoms with Crippen LogP contribution in [0.15, 0.2) is 34.5 Å². The highest BCUT2D eigenvalue weighted by Gasteiger charge is 2.05. The summed E-state index contributed by atoms with van der Waals surface area (Å²) in [5, 5.41) is 23.7. The SMILES string of the molecule is Cc1n[nH]c(C)c1N=Nc1ccc(C(=O)O)cc1. The fourth-order valence-electron chi connectivity index (χ4n) is 1.47. The molecule has 2 N–H and O–H groups in total. The lowest BCUT2D eigenvalue weighted by Gasteiger charge is -1.95. The molecule has 0 aliphatic rings. The molecule has 2 rings (SSSR count). The van der Waals surface area contributed by atoms with Crippen LogP contribution in [0.3, 0.4) is 0 Å². The number of nitrogens with zero attached hydrogens (tertiary/aromatic N) is 3. The Bertz CT molecular complexity index is 580. The highest BCUT2D eigenvalue weighted by Crippen LogP contribution is 2.23. The Hall–Kier alpha value is -2.50. The lowest BCUT2D eigenvalue weighted by Crippen LogP contribution is -1.93. The van der Waals surface area contributed by atoms with Gasteiger partial charge in [-0.15, -0.1) is 5.11 Å². The number of benzene rings is 1. The van der Waals surface area contributed by atoms with E-state index in [0.717, 1.165) is 11.4 Å². The number of hydrogen-bond donors (Lipinski definition) is 2. The average molecular weight is 244 g/mol. The van der Waals surface area contributed by atoms with Crippen LogP contribution in [0.1, 0.15) is 21.7 Å². The third-order valence-corrected chi connectivity index (χ3v) is 2.47. The molecular weight excluding hydrogens is 232 g/mol. The van der Waals surface area contributed by atoms with E-state index in [2.05, 4.69) is 20.4 Å². The minimum atomic E-state index is -0.958. The summed E-state index contributed by atoms with van der Waals surface area (Å²) in [6.07, 6.45) is 0. The van der Waals surface area contributed by atoms with Gasteiger partial charge < -0.3 is 5.11 Å². The smallest absolute Gasteiger partial charge is 0.335 e. The third-order valence-electron chi connectivity index (χ3n) is 2.47. The standard InChI is InChI=1S/C12H12N4O2/c1-7-11(8(2)14-13-7)16-15-10-5-3-9(4-6-10)12(17)18/h3-6H,1-2H3,(H,13,14)(H,17,18). The van der Waals surface area contributed by atoms with Crippen molar-refractivity contribution in [2.45, 2.75) is 13.8 Å². The summed E-state index contributed by atoms with van der Waals surface area (Å²) in [4.78, 5) is 10.7. The van der Waals surface area contributed by atoms with Crippen molar-refractivity contribution < 1.29 is 9.90 Å². The van der Waals surface area contributed by atoms with Crippen molar-refractivity contribution >= 4 is 17.3 Å². The topological polar surface area (TPSA) is 90.7 Å². The van der Waals surface area contributed by atoms with Crippen molar-refractivity contribution in [3.8, 4) is 0 Å². The van der Waals surface area contributed by atoms with E-state index in [1.807, 2.05) is 13.8 Å². The van der Waals surface area contributed by atoms with Gasteiger partial charge in [0.05, 0.1) is 22.6 Å². The molecule has 1 aromatic heterocycles. The lowest BCUT2D eigenvalue weighted by atomic mass is 10.2. The number of azo groups is 1. The zero-order valence-electron chi connectivity index (χ0n) is 10.0. The Morgan fingerprint density at radius 1 is 1.22 bits per heavy atom. The van der Waals surface area contributed by atoms with Crippen LogP contribution in [-0.2, 0) is 0 Å². The largest absolute Gasteiger partial charge is 0.478 e. The van der Waals surface area contributed by atoms with E-state index in [0.29, 0.717) is 11.4 Å². The fourth-order valence-corrected chi connectivity index (χ4v) is 1.47. The molecule has 0 spiro atoms. The monoisotopic (exact) mass is 244 g/mol. The van der Waals surface area contributed by atoms with Gasteiger partial charge in [-0.1, -0.05) is 0 Å². The van der Waals surface area contributed by atoms with E-state index in [9.17, 15) is 4.79 Å². The van der Waals surface area contributed by atoms with Crippen molar-refractivity contribution in [1.29, 1.82) is 0 Å². The number of carboxylic acids is 1. The Morgan fingerprint density at radius 2 is 1.89 bits per heavy atom. The lowest BCUT2D eigenvalue weighted by molar-refractivity contribution is 0.0697. The van der Waals surface area contributed by atoms with E-state index >= 15 is 0 Å². The first-order valence-corrected chi connectivity index (χ1v) is 5.34. The van der Waals surface area contributed by atoms with Gasteiger partial charge in [0, 0.05) is 0 Å². The van der Waals surface area contributed by atoms with Crippen LogP contribution >= 0.6 is 0 Å². The summed E-state index contributed by atoms with van der Waals surface area (Å²) in [7, 11) is 0. The molecule has 0 saturated heterocycles. The van der Waals surface area contributed by atoms with E-state index < -0.39 is 5.97 Å². The van der Waals surface area contributed by atoms with E-state index in [1.54, 1.807) is 12.1 Å². The zero-order valence-corrected chi connectivity index (χ0v) is 10.0. The van der Waals surface area contributed by atoms with Crippen molar-refractivity contribution in [3.63, 3.8) is 0 Å². The second-order valence-corrected chi connectivity index (χ2v) is 3.83. The molecule has 92 valence electrons. The second-order valence-electron chi connectivity index (χ2n) is 3.83. The number of nitrogens with one attached hydrogen (secondary N) is 1. The zero-order chi connectivity index (χ0) is 13.1. The predicted molar refractivity (Wildman–Crippen MR) is 65.6 cm³/mol. The molecular formula is C12H12N4O2. The molecule has 0 unspecified atom stereocenters. The number of rotatable bonds is 3. The Kier molecular flexibility index (Phi) is 3.18. The molecule has 0 amide bonds. The first kappa shape index (κ1) is 12.0. The summed E-state index contributed by atoms with van der Waals surface area (Å²) in [6.45, 7) is 3.70. The maximum atomic E-state index is 10.7. The summed E-state index contributed by atoms with van der Waals surface area (Å²) >= 11 is 0. The molecule has 0 aliphatic heterocycles. The summed E-state index contributed by atoms with van der Waals surface area (Å²) in [5.41, 5.74) is 3.15. The molecule has 0 aliphatic carbocycles. The number of aromatic nitrogens is 2. The van der Waals surface area contributed by atoms with Gasteiger partial charge in [0.2, 0.25) is 0 Å². The van der Waals surface area contributed by atoms with Gasteiger partial charge in [0.25, 0.3) is 0 Å². The molecule has 6 nitrogen and oxygen atoms in total. The summed E-state index contributed by atoms with van der Waals surface area (Å²) in [6, 6.07) is 6.20. The number of hydrogen-bond acceptors (Lipinski definition) is 4. The van der Waals surface area contributed by atoms with Crippen LogP contribution in [0.2, 0.25) is 0 Å². The second kappa shape index (κ2) is 4.79. The molecule has 2 aromatic rings. The molecule has 0 saturated carbocycles. The number of aromatic carboxylic acids is 1. The van der Waals surface area contributed by atoms with Gasteiger partial charge in [-0.05, 0) is 38.1 Å². The highest BCUT2D eigenvalue weighted by atomic mass is 16.4. The van der Waals surface area contributed by atoms with Crippen molar-refractivity contribution in [1.82, 2.24) is 10.2 Å². The van der Waals surface area contributed by atoms with Crippen molar-refractivity contribution in [2.75, 3.05) is 0 Å². The van der Waals surface area contributed by atoms with Gasteiger partial charge in [-0.3, -0.25) is 5.10 Å². The Balaban J connectivity index is 2.21. The van der Waals surface area contributed by atoms with Crippen LogP contribution in [-0.4, -0.2) is 21.3 Å². The van der Waals surface area contributed by atoms with E-state index in [-0.39, 0.29) is 5.56 Å². The molecule has 1 heterocycles. The maximum Gasteiger partial charge on any atom is 0.335 e. The molecule has 0 radical (unpaired) electrons. The summed E-state index contributed by atoms with van der Waals surface area (Å²) in [5.74, 6) is -0.958. The van der Waals surface area contributed by atoms with Gasteiger partial charge in [0.15, 0.2) is 0 Å². The van der Waals surface area contributed by atoms with Gasteiger partial charge >= 0.3 is 5.97 Å². The minimum absolute atomic E-state index is 0.227. The van der Waals surface area contributed by atoms with Crippen LogP contribution < -0.4 is 0 Å². The van der Waals surface area contributed by atoms with Crippen LogP contribution in [0, 0.1) is 13.8 Å². The fraction of sp³-hybridized carbons (Fsp3) is 0.167. The van der Waals surface area contributed by atoms with E-state index in [1.165, 1.54) is 12.1 Å². The van der Waals surface area contributed by atoms with Gasteiger partial charge in [0.1, 0.15) is 5.69 Å². The first-order valence-electron chi connectivity index (χ1n) is 5.34. The molecule has 6 heteroatoms. The number of aromatic amines is 1. The normalized spacial score (nSPS) is 11.0. The number of carbonyl (C=O) groups is 1. The highest BCUT2D eigenvalue weighted by molar-refractivity contribution is 5.87. The minimum Gasteiger partial charge on any atom is -0.478 e. The van der Waals surface area contributed by atoms with Gasteiger partial charge in [-0.25, -0.2) is 4.79 Å². The Morgan fingerprint density at radius 3 is 2.39 bits per heavy atom.